The van der Waals surface area contributed by atoms with Gasteiger partial charge in [-0.25, -0.2) is 0 Å². The van der Waals surface area contributed by atoms with E-state index in [2.05, 4.69) is 12.2 Å². The molecular weight excluding hydrogens is 454 g/mol. The number of hydrogen-bond acceptors (Lipinski definition) is 5. The molecule has 0 saturated heterocycles. The molecule has 2 aromatic rings. The fraction of sp³-hybridized carbons (Fsp3) is 0.467. The van der Waals surface area contributed by atoms with Gasteiger partial charge in [0.25, 0.3) is 5.91 Å². The van der Waals surface area contributed by atoms with E-state index in [0.29, 0.717) is 30.9 Å². The molecule has 36 heavy (non-hydrogen) atoms. The Hall–Kier alpha value is -3.28. The fourth-order valence-electron chi connectivity index (χ4n) is 4.56. The molecule has 6 nitrogen and oxygen atoms in total. The van der Waals surface area contributed by atoms with Gasteiger partial charge in [-0.3, -0.25) is 9.59 Å². The number of methoxy groups -OCH3 is 1. The Morgan fingerprint density at radius 3 is 2.47 bits per heavy atom. The van der Waals surface area contributed by atoms with Crippen LogP contribution < -0.4 is 14.8 Å². The van der Waals surface area contributed by atoms with E-state index in [1.807, 2.05) is 48.6 Å². The maximum absolute atomic E-state index is 12.9. The van der Waals surface area contributed by atoms with Crippen LogP contribution in [0.3, 0.4) is 0 Å². The van der Waals surface area contributed by atoms with Crippen LogP contribution in [0.5, 0.6) is 11.5 Å². The van der Waals surface area contributed by atoms with Gasteiger partial charge in [0, 0.05) is 11.6 Å². The summed E-state index contributed by atoms with van der Waals surface area (Å²) in [6.45, 7) is 5.02. The number of carbonyl (C=O) groups is 2. The van der Waals surface area contributed by atoms with Gasteiger partial charge in [0.05, 0.1) is 26.2 Å². The van der Waals surface area contributed by atoms with Gasteiger partial charge in [-0.05, 0) is 67.6 Å². The van der Waals surface area contributed by atoms with Gasteiger partial charge in [-0.2, -0.15) is 0 Å². The predicted molar refractivity (Wildman–Crippen MR) is 142 cm³/mol. The number of benzene rings is 2. The third-order valence-corrected chi connectivity index (χ3v) is 6.49. The van der Waals surface area contributed by atoms with Crippen LogP contribution in [0.2, 0.25) is 0 Å². The Morgan fingerprint density at radius 1 is 0.972 bits per heavy atom. The molecule has 6 heteroatoms. The SMILES string of the molecule is CCCCCCCOc1ccc(C(=O)NC2C=CC(C(C(=O)OCC)c3cccc(OC)c3)C2)cc1. The van der Waals surface area contributed by atoms with Crippen LogP contribution in [0.1, 0.15) is 74.2 Å². The molecule has 0 heterocycles. The molecule has 2 aromatic carbocycles. The molecule has 1 aliphatic carbocycles. The van der Waals surface area contributed by atoms with Crippen LogP contribution in [0.15, 0.2) is 60.7 Å². The molecule has 1 amide bonds. The van der Waals surface area contributed by atoms with E-state index < -0.39 is 5.92 Å². The van der Waals surface area contributed by atoms with E-state index in [1.54, 1.807) is 26.2 Å². The van der Waals surface area contributed by atoms with E-state index in [1.165, 1.54) is 25.7 Å². The molecule has 0 fully saturated rings. The minimum Gasteiger partial charge on any atom is -0.497 e. The van der Waals surface area contributed by atoms with Crippen molar-refractivity contribution in [2.45, 2.75) is 64.3 Å². The molecule has 0 aromatic heterocycles. The van der Waals surface area contributed by atoms with Crippen molar-refractivity contribution < 1.29 is 23.8 Å². The molecular formula is C30H39NO5. The number of ether oxygens (including phenoxy) is 3. The van der Waals surface area contributed by atoms with Gasteiger partial charge < -0.3 is 19.5 Å². The Balaban J connectivity index is 1.55. The molecule has 3 atom stereocenters. The van der Waals surface area contributed by atoms with Crippen molar-refractivity contribution in [3.63, 3.8) is 0 Å². The van der Waals surface area contributed by atoms with Crippen LogP contribution in [-0.2, 0) is 9.53 Å². The van der Waals surface area contributed by atoms with Crippen LogP contribution in [0.4, 0.5) is 0 Å². The van der Waals surface area contributed by atoms with Crippen molar-refractivity contribution in [1.82, 2.24) is 5.32 Å². The van der Waals surface area contributed by atoms with Crippen LogP contribution >= 0.6 is 0 Å². The number of nitrogens with one attached hydrogen (secondary N) is 1. The highest BCUT2D eigenvalue weighted by Crippen LogP contribution is 2.35. The lowest BCUT2D eigenvalue weighted by Crippen LogP contribution is -2.33. The zero-order valence-electron chi connectivity index (χ0n) is 21.7. The van der Waals surface area contributed by atoms with Gasteiger partial charge in [0.15, 0.2) is 0 Å². The molecule has 0 saturated carbocycles. The van der Waals surface area contributed by atoms with Crippen molar-refractivity contribution in [3.05, 3.63) is 71.8 Å². The summed E-state index contributed by atoms with van der Waals surface area (Å²) in [5.74, 6) is 0.501. The molecule has 194 valence electrons. The van der Waals surface area contributed by atoms with Crippen LogP contribution in [0, 0.1) is 5.92 Å². The van der Waals surface area contributed by atoms with Crippen molar-refractivity contribution in [1.29, 1.82) is 0 Å². The van der Waals surface area contributed by atoms with Gasteiger partial charge >= 0.3 is 5.97 Å². The average molecular weight is 494 g/mol. The van der Waals surface area contributed by atoms with E-state index in [9.17, 15) is 9.59 Å². The molecule has 3 rings (SSSR count). The van der Waals surface area contributed by atoms with Crippen molar-refractivity contribution >= 4 is 11.9 Å². The summed E-state index contributed by atoms with van der Waals surface area (Å²) in [5.41, 5.74) is 1.42. The summed E-state index contributed by atoms with van der Waals surface area (Å²) in [7, 11) is 1.60. The second kappa shape index (κ2) is 14.3. The van der Waals surface area contributed by atoms with Gasteiger partial charge in [-0.15, -0.1) is 0 Å². The first kappa shape index (κ1) is 27.3. The zero-order valence-corrected chi connectivity index (χ0v) is 21.7. The maximum atomic E-state index is 12.9. The monoisotopic (exact) mass is 493 g/mol. The maximum Gasteiger partial charge on any atom is 0.314 e. The Morgan fingerprint density at radius 2 is 1.75 bits per heavy atom. The molecule has 0 bridgehead atoms. The smallest absolute Gasteiger partial charge is 0.314 e. The zero-order chi connectivity index (χ0) is 25.8. The Bertz CT molecular complexity index is 1000. The van der Waals surface area contributed by atoms with E-state index >= 15 is 0 Å². The minimum atomic E-state index is -0.461. The van der Waals surface area contributed by atoms with Crippen LogP contribution in [0.25, 0.3) is 0 Å². The summed E-state index contributed by atoms with van der Waals surface area (Å²) in [6, 6.07) is 14.6. The highest BCUT2D eigenvalue weighted by atomic mass is 16.5. The van der Waals surface area contributed by atoms with Gasteiger partial charge in [0.2, 0.25) is 0 Å². The number of carbonyl (C=O) groups excluding carboxylic acids is 2. The quantitative estimate of drug-likeness (QED) is 0.197. The molecule has 0 radical (unpaired) electrons. The number of amides is 1. The molecule has 0 aliphatic heterocycles. The Kier molecular flexibility index (Phi) is 10.9. The topological polar surface area (TPSA) is 73.9 Å². The number of hydrogen-bond donors (Lipinski definition) is 1. The van der Waals surface area contributed by atoms with Crippen molar-refractivity contribution in [2.75, 3.05) is 20.3 Å². The highest BCUT2D eigenvalue weighted by molar-refractivity contribution is 5.94. The van der Waals surface area contributed by atoms with Gasteiger partial charge in [0.1, 0.15) is 11.5 Å². The average Bonchev–Trinajstić information content (AvgIpc) is 3.34. The predicted octanol–water partition coefficient (Wildman–Crippen LogP) is 6.07. The third-order valence-electron chi connectivity index (χ3n) is 6.49. The minimum absolute atomic E-state index is 0.0884. The lowest BCUT2D eigenvalue weighted by Gasteiger charge is -2.23. The van der Waals surface area contributed by atoms with Crippen molar-refractivity contribution in [3.8, 4) is 11.5 Å². The number of allylic oxidation sites excluding steroid dienone is 1. The summed E-state index contributed by atoms with van der Waals surface area (Å²) < 4.78 is 16.5. The van der Waals surface area contributed by atoms with E-state index in [4.69, 9.17) is 14.2 Å². The Labute approximate surface area is 215 Å². The number of esters is 1. The normalized spacial score (nSPS) is 17.4. The highest BCUT2D eigenvalue weighted by Gasteiger charge is 2.34. The summed E-state index contributed by atoms with van der Waals surface area (Å²) in [4.78, 5) is 25.7. The second-order valence-electron chi connectivity index (χ2n) is 9.16. The first-order valence-electron chi connectivity index (χ1n) is 13.1. The molecule has 3 unspecified atom stereocenters. The van der Waals surface area contributed by atoms with E-state index in [-0.39, 0.29) is 23.8 Å². The molecule has 1 N–H and O–H groups in total. The first-order chi connectivity index (χ1) is 17.5. The lowest BCUT2D eigenvalue weighted by atomic mass is 9.85. The second-order valence-corrected chi connectivity index (χ2v) is 9.16. The summed E-state index contributed by atoms with van der Waals surface area (Å²) >= 11 is 0. The molecule has 0 spiro atoms. The third kappa shape index (κ3) is 7.87. The number of rotatable bonds is 14. The first-order valence-corrected chi connectivity index (χ1v) is 13.1. The van der Waals surface area contributed by atoms with E-state index in [0.717, 1.165) is 17.7 Å². The van der Waals surface area contributed by atoms with Crippen LogP contribution in [-0.4, -0.2) is 38.2 Å². The fourth-order valence-corrected chi connectivity index (χ4v) is 4.56. The van der Waals surface area contributed by atoms with Crippen molar-refractivity contribution in [2.24, 2.45) is 5.92 Å². The summed E-state index contributed by atoms with van der Waals surface area (Å²) in [5, 5.41) is 3.07. The summed E-state index contributed by atoms with van der Waals surface area (Å²) in [6.07, 6.45) is 10.6. The largest absolute Gasteiger partial charge is 0.497 e. The molecule has 1 aliphatic rings. The lowest BCUT2D eigenvalue weighted by molar-refractivity contribution is -0.146. The number of unbranched alkanes of at least 4 members (excludes halogenated alkanes) is 4. The standard InChI is InChI=1S/C30H39NO5/c1-4-6-7-8-9-19-36-26-17-14-22(15-18-26)29(32)31-25-16-13-24(20-25)28(30(33)35-5-2)23-11-10-12-27(21-23)34-3/h10-18,21,24-25,28H,4-9,19-20H2,1-3H3,(H,31,32). The van der Waals surface area contributed by atoms with Gasteiger partial charge in [-0.1, -0.05) is 56.9 Å².